The lowest BCUT2D eigenvalue weighted by Gasteiger charge is -2.15. The molecule has 0 saturated heterocycles. The molecule has 0 amide bonds. The third kappa shape index (κ3) is 4.47. The largest absolute Gasteiger partial charge is 0.359 e. The molecule has 0 aromatic carbocycles. The Morgan fingerprint density at radius 3 is 2.71 bits per heavy atom. The van der Waals surface area contributed by atoms with Crippen molar-refractivity contribution < 1.29 is 13.2 Å². The Hall–Kier alpha value is -1.03. The molecule has 2 aromatic rings. The maximum absolute atomic E-state index is 11.2. The van der Waals surface area contributed by atoms with E-state index in [9.17, 15) is 8.42 Å². The number of nitrogens with zero attached hydrogens (tertiary/aromatic N) is 4. The highest BCUT2D eigenvalue weighted by molar-refractivity contribution is 8.13. The maximum Gasteiger partial charge on any atom is 0.262 e. The highest BCUT2D eigenvalue weighted by Crippen LogP contribution is 2.18. The maximum atomic E-state index is 11.2. The summed E-state index contributed by atoms with van der Waals surface area (Å²) in [5.41, 5.74) is 0.831. The standard InChI is InChI=1S/C11H17ClN4O3SSi/c1-21(2,3)5-4-19-8-16-11-10(14-15-16)6-9(7-13-11)20(12,17)18/h6-7H,4-5,8H2,1-3H3. The van der Waals surface area contributed by atoms with Gasteiger partial charge in [0.1, 0.15) is 17.1 Å². The van der Waals surface area contributed by atoms with Gasteiger partial charge in [0.2, 0.25) is 0 Å². The van der Waals surface area contributed by atoms with Crippen LogP contribution in [-0.2, 0) is 20.5 Å². The van der Waals surface area contributed by atoms with Crippen molar-refractivity contribution in [3.05, 3.63) is 12.3 Å². The molecule has 0 saturated carbocycles. The lowest BCUT2D eigenvalue weighted by molar-refractivity contribution is 0.0799. The Morgan fingerprint density at radius 1 is 1.38 bits per heavy atom. The Balaban J connectivity index is 2.09. The lowest BCUT2D eigenvalue weighted by atomic mass is 10.4. The van der Waals surface area contributed by atoms with E-state index < -0.39 is 17.1 Å². The molecular formula is C11H17ClN4O3SSi. The normalized spacial score (nSPS) is 13.0. The van der Waals surface area contributed by atoms with E-state index in [0.717, 1.165) is 6.04 Å². The van der Waals surface area contributed by atoms with Gasteiger partial charge in [-0.2, -0.15) is 0 Å². The van der Waals surface area contributed by atoms with Crippen molar-refractivity contribution in [3.8, 4) is 0 Å². The average molecular weight is 349 g/mol. The van der Waals surface area contributed by atoms with E-state index in [4.69, 9.17) is 15.4 Å². The number of rotatable bonds is 6. The molecule has 0 unspecified atom stereocenters. The molecule has 2 aromatic heterocycles. The second-order valence-electron chi connectivity index (χ2n) is 5.89. The van der Waals surface area contributed by atoms with E-state index in [0.29, 0.717) is 17.8 Å². The van der Waals surface area contributed by atoms with Crippen molar-refractivity contribution in [2.45, 2.75) is 37.3 Å². The molecule has 0 bridgehead atoms. The van der Waals surface area contributed by atoms with Crippen LogP contribution in [0.1, 0.15) is 0 Å². The van der Waals surface area contributed by atoms with Gasteiger partial charge in [-0.15, -0.1) is 5.10 Å². The van der Waals surface area contributed by atoms with Crippen LogP contribution in [0, 0.1) is 0 Å². The van der Waals surface area contributed by atoms with E-state index in [2.05, 4.69) is 34.9 Å². The quantitative estimate of drug-likeness (QED) is 0.451. The first-order valence-electron chi connectivity index (χ1n) is 6.38. The van der Waals surface area contributed by atoms with Gasteiger partial charge in [0, 0.05) is 31.6 Å². The number of halogens is 1. The van der Waals surface area contributed by atoms with Crippen LogP contribution in [0.25, 0.3) is 11.2 Å². The summed E-state index contributed by atoms with van der Waals surface area (Å²) in [6.07, 6.45) is 1.19. The third-order valence-corrected chi connectivity index (χ3v) is 5.84. The Kier molecular flexibility index (Phi) is 4.66. The molecular weight excluding hydrogens is 332 g/mol. The Labute approximate surface area is 128 Å². The molecule has 0 aliphatic carbocycles. The topological polar surface area (TPSA) is 87.0 Å². The molecule has 0 spiro atoms. The van der Waals surface area contributed by atoms with Gasteiger partial charge in [0.05, 0.1) is 0 Å². The fourth-order valence-corrected chi connectivity index (χ4v) is 3.03. The molecule has 0 N–H and O–H groups in total. The van der Waals surface area contributed by atoms with Gasteiger partial charge >= 0.3 is 0 Å². The van der Waals surface area contributed by atoms with Gasteiger partial charge in [-0.1, -0.05) is 24.9 Å². The summed E-state index contributed by atoms with van der Waals surface area (Å²) < 4.78 is 29.5. The number of ether oxygens (including phenoxy) is 1. The number of hydrogen-bond donors (Lipinski definition) is 0. The summed E-state index contributed by atoms with van der Waals surface area (Å²) >= 11 is 0. The average Bonchev–Trinajstić information content (AvgIpc) is 2.75. The van der Waals surface area contributed by atoms with E-state index in [-0.39, 0.29) is 11.6 Å². The fourth-order valence-electron chi connectivity index (χ4n) is 1.59. The monoisotopic (exact) mass is 348 g/mol. The van der Waals surface area contributed by atoms with E-state index in [1.54, 1.807) is 0 Å². The molecule has 10 heteroatoms. The van der Waals surface area contributed by atoms with Crippen molar-refractivity contribution >= 4 is 39.0 Å². The van der Waals surface area contributed by atoms with Gasteiger partial charge in [0.25, 0.3) is 9.05 Å². The summed E-state index contributed by atoms with van der Waals surface area (Å²) in [6.45, 7) is 7.72. The minimum absolute atomic E-state index is 0.0941. The van der Waals surface area contributed by atoms with Crippen LogP contribution >= 0.6 is 10.7 Å². The second-order valence-corrected chi connectivity index (χ2v) is 14.1. The minimum atomic E-state index is -3.82. The van der Waals surface area contributed by atoms with E-state index >= 15 is 0 Å². The molecule has 0 aliphatic heterocycles. The summed E-state index contributed by atoms with van der Waals surface area (Å²) in [5.74, 6) is 0. The van der Waals surface area contributed by atoms with Crippen molar-refractivity contribution in [1.29, 1.82) is 0 Å². The van der Waals surface area contributed by atoms with Crippen LogP contribution in [-0.4, -0.2) is 43.1 Å². The number of hydrogen-bond acceptors (Lipinski definition) is 6. The zero-order valence-corrected chi connectivity index (χ0v) is 14.6. The molecule has 7 nitrogen and oxygen atoms in total. The van der Waals surface area contributed by atoms with Crippen molar-refractivity contribution in [1.82, 2.24) is 20.0 Å². The van der Waals surface area contributed by atoms with Crippen LogP contribution in [0.3, 0.4) is 0 Å². The van der Waals surface area contributed by atoms with Crippen LogP contribution in [0.2, 0.25) is 25.7 Å². The van der Waals surface area contributed by atoms with Gasteiger partial charge in [0.15, 0.2) is 5.65 Å². The zero-order valence-electron chi connectivity index (χ0n) is 12.1. The van der Waals surface area contributed by atoms with Crippen molar-refractivity contribution in [2.24, 2.45) is 0 Å². The van der Waals surface area contributed by atoms with Crippen LogP contribution in [0.4, 0.5) is 0 Å². The molecule has 0 radical (unpaired) electrons. The van der Waals surface area contributed by atoms with Gasteiger partial charge in [-0.25, -0.2) is 18.1 Å². The highest BCUT2D eigenvalue weighted by Gasteiger charge is 2.15. The summed E-state index contributed by atoms with van der Waals surface area (Å²) in [5, 5.41) is 7.78. The van der Waals surface area contributed by atoms with Crippen molar-refractivity contribution in [2.75, 3.05) is 6.61 Å². The Morgan fingerprint density at radius 2 is 2.10 bits per heavy atom. The summed E-state index contributed by atoms with van der Waals surface area (Å²) in [6, 6.07) is 2.40. The van der Waals surface area contributed by atoms with Crippen LogP contribution in [0.15, 0.2) is 17.2 Å². The SMILES string of the molecule is C[Si](C)(C)CCOCn1nnc2cc(S(=O)(=O)Cl)cnc21. The first-order valence-corrected chi connectivity index (χ1v) is 12.4. The highest BCUT2D eigenvalue weighted by atomic mass is 35.7. The van der Waals surface area contributed by atoms with Gasteiger partial charge in [-0.3, -0.25) is 0 Å². The first-order chi connectivity index (χ1) is 9.67. The number of fused-ring (bicyclic) bond motifs is 1. The molecule has 0 fully saturated rings. The van der Waals surface area contributed by atoms with Crippen molar-refractivity contribution in [3.63, 3.8) is 0 Å². The first kappa shape index (κ1) is 16.3. The second kappa shape index (κ2) is 5.99. The van der Waals surface area contributed by atoms with E-state index in [1.807, 2.05) is 0 Å². The lowest BCUT2D eigenvalue weighted by Crippen LogP contribution is -2.22. The minimum Gasteiger partial charge on any atom is -0.359 e. The summed E-state index contributed by atoms with van der Waals surface area (Å²) in [4.78, 5) is 3.94. The molecule has 21 heavy (non-hydrogen) atoms. The molecule has 116 valence electrons. The summed E-state index contributed by atoms with van der Waals surface area (Å²) in [7, 11) is 0.322. The van der Waals surface area contributed by atoms with E-state index in [1.165, 1.54) is 16.9 Å². The predicted octanol–water partition coefficient (Wildman–Crippen LogP) is 2.07. The molecule has 2 heterocycles. The van der Waals surface area contributed by atoms with Crippen LogP contribution in [0.5, 0.6) is 0 Å². The molecule has 0 aliphatic rings. The fraction of sp³-hybridized carbons (Fsp3) is 0.545. The van der Waals surface area contributed by atoms with Gasteiger partial charge < -0.3 is 4.74 Å². The zero-order chi connectivity index (χ0) is 15.7. The predicted molar refractivity (Wildman–Crippen MR) is 82.5 cm³/mol. The van der Waals surface area contributed by atoms with Crippen LogP contribution < -0.4 is 0 Å². The molecule has 2 rings (SSSR count). The number of aromatic nitrogens is 4. The smallest absolute Gasteiger partial charge is 0.262 e. The Bertz CT molecular complexity index is 741. The third-order valence-electron chi connectivity index (χ3n) is 2.82. The van der Waals surface area contributed by atoms with Gasteiger partial charge in [-0.05, 0) is 12.1 Å². The molecule has 0 atom stereocenters. The number of pyridine rings is 1.